The van der Waals surface area contributed by atoms with Gasteiger partial charge in [0.15, 0.2) is 0 Å². The molecule has 2 rings (SSSR count). The monoisotopic (exact) mass is 466 g/mol. The van der Waals surface area contributed by atoms with E-state index in [2.05, 4.69) is 47.8 Å². The second-order valence-corrected chi connectivity index (χ2v) is 15.1. The van der Waals surface area contributed by atoms with Crippen molar-refractivity contribution in [2.24, 2.45) is 0 Å². The van der Waals surface area contributed by atoms with Crippen molar-refractivity contribution in [3.63, 3.8) is 0 Å². The van der Waals surface area contributed by atoms with Crippen LogP contribution in [0.4, 0.5) is 4.79 Å². The summed E-state index contributed by atoms with van der Waals surface area (Å²) in [6.45, 7) is 13.1. The van der Waals surface area contributed by atoms with E-state index >= 15 is 0 Å². The highest BCUT2D eigenvalue weighted by atomic mass is 28.3. The first kappa shape index (κ1) is 26.7. The Morgan fingerprint density at radius 1 is 1.06 bits per heavy atom. The molecule has 33 heavy (non-hydrogen) atoms. The van der Waals surface area contributed by atoms with Crippen LogP contribution in [0.15, 0.2) is 54.6 Å². The number of rotatable bonds is 8. The lowest BCUT2D eigenvalue weighted by atomic mass is 10.0. The van der Waals surface area contributed by atoms with Gasteiger partial charge in [-0.15, -0.1) is 5.54 Å². The van der Waals surface area contributed by atoms with Crippen molar-refractivity contribution in [2.75, 3.05) is 6.54 Å². The number of nitrogens with one attached hydrogen (secondary N) is 2. The Hall–Kier alpha value is -2.59. The number of hydrogen-bond acceptors (Lipinski definition) is 4. The van der Waals surface area contributed by atoms with Crippen molar-refractivity contribution in [2.45, 2.75) is 71.1 Å². The van der Waals surface area contributed by atoms with Gasteiger partial charge in [-0.1, -0.05) is 68.0 Å². The highest BCUT2D eigenvalue weighted by molar-refractivity contribution is 6.83. The van der Waals surface area contributed by atoms with Gasteiger partial charge in [0, 0.05) is 18.7 Å². The number of amides is 1. The summed E-state index contributed by atoms with van der Waals surface area (Å²) in [6, 6.07) is 17.5. The minimum absolute atomic E-state index is 0.331. The van der Waals surface area contributed by atoms with Crippen molar-refractivity contribution in [1.82, 2.24) is 10.6 Å². The van der Waals surface area contributed by atoms with E-state index in [0.717, 1.165) is 16.7 Å². The molecule has 6 heteroatoms. The average Bonchev–Trinajstić information content (AvgIpc) is 2.71. The van der Waals surface area contributed by atoms with Gasteiger partial charge in [-0.25, -0.2) is 4.79 Å². The van der Waals surface area contributed by atoms with Gasteiger partial charge in [0.05, 0.1) is 12.1 Å². The van der Waals surface area contributed by atoms with Crippen LogP contribution in [-0.4, -0.2) is 43.6 Å². The third kappa shape index (κ3) is 11.2. The van der Waals surface area contributed by atoms with Crippen LogP contribution in [0.3, 0.4) is 0 Å². The number of carbonyl (C=O) groups excluding carboxylic acids is 1. The van der Waals surface area contributed by atoms with E-state index in [1.807, 2.05) is 69.3 Å². The maximum absolute atomic E-state index is 12.4. The Kier molecular flexibility index (Phi) is 9.72. The number of benzene rings is 2. The van der Waals surface area contributed by atoms with Crippen molar-refractivity contribution in [3.8, 4) is 11.5 Å². The molecule has 0 spiro atoms. The van der Waals surface area contributed by atoms with E-state index in [-0.39, 0.29) is 0 Å². The van der Waals surface area contributed by atoms with Crippen molar-refractivity contribution in [3.05, 3.63) is 71.3 Å². The van der Waals surface area contributed by atoms with Gasteiger partial charge in [-0.05, 0) is 50.5 Å². The number of aliphatic hydroxyl groups excluding tert-OH is 1. The lowest BCUT2D eigenvalue weighted by Gasteiger charge is -2.27. The average molecular weight is 467 g/mol. The Labute approximate surface area is 200 Å². The summed E-state index contributed by atoms with van der Waals surface area (Å²) in [5.41, 5.74) is 5.93. The van der Waals surface area contributed by atoms with E-state index in [9.17, 15) is 9.90 Å². The molecular weight excluding hydrogens is 428 g/mol. The Morgan fingerprint density at radius 3 is 2.36 bits per heavy atom. The van der Waals surface area contributed by atoms with E-state index < -0.39 is 31.9 Å². The molecule has 0 radical (unpaired) electrons. The molecule has 0 saturated heterocycles. The molecule has 0 fully saturated rings. The molecule has 0 aliphatic heterocycles. The normalized spacial score (nSPS) is 13.4. The zero-order valence-corrected chi connectivity index (χ0v) is 21.7. The number of carbonyl (C=O) groups is 1. The van der Waals surface area contributed by atoms with E-state index in [1.165, 1.54) is 0 Å². The Bertz CT molecular complexity index is 953. The smallest absolute Gasteiger partial charge is 0.407 e. The zero-order valence-electron chi connectivity index (χ0n) is 20.7. The van der Waals surface area contributed by atoms with Gasteiger partial charge in [-0.3, -0.25) is 0 Å². The lowest BCUT2D eigenvalue weighted by Crippen LogP contribution is -2.49. The number of ether oxygens (including phenoxy) is 1. The van der Waals surface area contributed by atoms with E-state index in [4.69, 9.17) is 4.74 Å². The first-order valence-electron chi connectivity index (χ1n) is 11.5. The molecule has 0 aliphatic carbocycles. The molecule has 2 unspecified atom stereocenters. The van der Waals surface area contributed by atoms with Crippen LogP contribution in [0.1, 0.15) is 37.5 Å². The lowest BCUT2D eigenvalue weighted by molar-refractivity contribution is 0.0422. The Morgan fingerprint density at radius 2 is 1.73 bits per heavy atom. The molecular formula is C27H38N2O3Si. The zero-order chi connectivity index (χ0) is 24.5. The van der Waals surface area contributed by atoms with Crippen LogP contribution in [-0.2, 0) is 17.7 Å². The molecule has 0 aromatic heterocycles. The van der Waals surface area contributed by atoms with E-state index in [1.54, 1.807) is 0 Å². The summed E-state index contributed by atoms with van der Waals surface area (Å²) in [5, 5.41) is 17.0. The summed E-state index contributed by atoms with van der Waals surface area (Å²) in [6.07, 6.45) is -0.811. The van der Waals surface area contributed by atoms with Crippen molar-refractivity contribution in [1.29, 1.82) is 0 Å². The van der Waals surface area contributed by atoms with Crippen LogP contribution in [0.25, 0.3) is 0 Å². The van der Waals surface area contributed by atoms with Crippen LogP contribution in [0, 0.1) is 11.5 Å². The highest BCUT2D eigenvalue weighted by Gasteiger charge is 2.24. The largest absolute Gasteiger partial charge is 0.444 e. The highest BCUT2D eigenvalue weighted by Crippen LogP contribution is 2.11. The molecule has 178 valence electrons. The second kappa shape index (κ2) is 12.0. The van der Waals surface area contributed by atoms with Gasteiger partial charge in [0.2, 0.25) is 0 Å². The second-order valence-electron chi connectivity index (χ2n) is 10.3. The molecule has 0 aliphatic rings. The quantitative estimate of drug-likeness (QED) is 0.396. The molecule has 2 aromatic carbocycles. The van der Waals surface area contributed by atoms with Crippen molar-refractivity contribution < 1.29 is 14.6 Å². The molecule has 3 N–H and O–H groups in total. The number of hydrogen-bond donors (Lipinski definition) is 3. The number of alkyl carbamates (subject to hydrolysis) is 1. The minimum Gasteiger partial charge on any atom is -0.444 e. The van der Waals surface area contributed by atoms with Gasteiger partial charge in [-0.2, -0.15) is 0 Å². The molecule has 5 nitrogen and oxygen atoms in total. The topological polar surface area (TPSA) is 70.6 Å². The third-order valence-corrected chi connectivity index (χ3v) is 5.53. The molecule has 0 saturated carbocycles. The fraction of sp³-hybridized carbons (Fsp3) is 0.444. The van der Waals surface area contributed by atoms with Gasteiger partial charge >= 0.3 is 6.09 Å². The maximum Gasteiger partial charge on any atom is 0.407 e. The van der Waals surface area contributed by atoms with Gasteiger partial charge in [0.1, 0.15) is 13.7 Å². The standard InChI is InChI=1S/C27H38N2O3Si/c1-27(2,3)32-26(31)29-24(18-21-11-8-7-9-12-21)25(30)20-28-19-23-14-10-13-22(17-23)15-16-33(4,5)6/h7-14,17,24-25,28,30H,18-20H2,1-6H3,(H,29,31). The number of aliphatic hydroxyl groups is 1. The molecule has 1 amide bonds. The van der Waals surface area contributed by atoms with Crippen LogP contribution >= 0.6 is 0 Å². The Balaban J connectivity index is 1.99. The predicted octanol–water partition coefficient (Wildman–Crippen LogP) is 4.50. The molecule has 2 atom stereocenters. The van der Waals surface area contributed by atoms with Crippen LogP contribution in [0.2, 0.25) is 19.6 Å². The predicted molar refractivity (Wildman–Crippen MR) is 138 cm³/mol. The summed E-state index contributed by atoms with van der Waals surface area (Å²) in [4.78, 5) is 12.4. The SMILES string of the molecule is CC(C)(C)OC(=O)NC(Cc1ccccc1)C(O)CNCc1cccc(C#C[Si](C)(C)C)c1. The van der Waals surface area contributed by atoms with Crippen molar-refractivity contribution >= 4 is 14.2 Å². The molecule has 0 heterocycles. The summed E-state index contributed by atoms with van der Waals surface area (Å²) >= 11 is 0. The molecule has 2 aromatic rings. The summed E-state index contributed by atoms with van der Waals surface area (Å²) < 4.78 is 5.40. The summed E-state index contributed by atoms with van der Waals surface area (Å²) in [5.74, 6) is 3.28. The van der Waals surface area contributed by atoms with Crippen LogP contribution < -0.4 is 10.6 Å². The first-order chi connectivity index (χ1) is 15.4. The van der Waals surface area contributed by atoms with Crippen LogP contribution in [0.5, 0.6) is 0 Å². The molecule has 0 bridgehead atoms. The van der Waals surface area contributed by atoms with E-state index in [0.29, 0.717) is 19.5 Å². The minimum atomic E-state index is -1.43. The summed E-state index contributed by atoms with van der Waals surface area (Å²) in [7, 11) is -1.43. The maximum atomic E-state index is 12.4. The third-order valence-electron chi connectivity index (χ3n) is 4.66. The fourth-order valence-electron chi connectivity index (χ4n) is 3.14. The van der Waals surface area contributed by atoms with Gasteiger partial charge < -0.3 is 20.5 Å². The van der Waals surface area contributed by atoms with Gasteiger partial charge in [0.25, 0.3) is 0 Å². The first-order valence-corrected chi connectivity index (χ1v) is 15.0. The fourth-order valence-corrected chi connectivity index (χ4v) is 3.65.